The van der Waals surface area contributed by atoms with Crippen molar-refractivity contribution in [3.63, 3.8) is 0 Å². The molecule has 36 heavy (non-hydrogen) atoms. The van der Waals surface area contributed by atoms with Gasteiger partial charge in [0.25, 0.3) is 0 Å². The van der Waals surface area contributed by atoms with Gasteiger partial charge in [0.2, 0.25) is 0 Å². The second-order valence-corrected chi connectivity index (χ2v) is 8.73. The number of carbonyl (C=O) groups excluding carboxylic acids is 1. The number of Topliss-reactive ketones (excluding diaryl/α,β-unsaturated/α-hetero) is 1. The van der Waals surface area contributed by atoms with Crippen LogP contribution in [0.4, 0.5) is 0 Å². The molecule has 0 heterocycles. The van der Waals surface area contributed by atoms with Crippen LogP contribution >= 0.6 is 0 Å². The first-order chi connectivity index (χ1) is 16.5. The second kappa shape index (κ2) is 10.1. The minimum atomic E-state index is -5.11. The normalized spacial score (nSPS) is 11.3. The van der Waals surface area contributed by atoms with Crippen LogP contribution in [0.25, 0.3) is 32.7 Å². The SMILES string of the molecule is COc1c(C(C)=O)c(O)cc(OS(=O)(=O)O)c1-c1c(CO)cc(O)c2cc3c([O-])cccc3cc12.[Na+]. The molecule has 0 aliphatic rings. The molecule has 0 aromatic heterocycles. The molecule has 0 amide bonds. The molecule has 0 atom stereocenters. The molecule has 0 saturated heterocycles. The van der Waals surface area contributed by atoms with E-state index in [1.54, 1.807) is 6.07 Å². The number of methoxy groups -OCH3 is 1. The van der Waals surface area contributed by atoms with Gasteiger partial charge in [0.05, 0.1) is 19.3 Å². The quantitative estimate of drug-likeness (QED) is 0.117. The maximum atomic E-state index is 12.4. The smallest absolute Gasteiger partial charge is 0.872 e. The van der Waals surface area contributed by atoms with Gasteiger partial charge in [0.15, 0.2) is 11.5 Å². The molecule has 0 unspecified atom stereocenters. The van der Waals surface area contributed by atoms with E-state index in [1.165, 1.54) is 37.4 Å². The van der Waals surface area contributed by atoms with Crippen molar-refractivity contribution in [2.24, 2.45) is 0 Å². The third kappa shape index (κ3) is 4.81. The number of ketones is 1. The molecule has 10 nitrogen and oxygen atoms in total. The molecule has 182 valence electrons. The summed E-state index contributed by atoms with van der Waals surface area (Å²) in [7, 11) is -3.94. The Balaban J connectivity index is 0.00000361. The van der Waals surface area contributed by atoms with Gasteiger partial charge in [-0.1, -0.05) is 18.2 Å². The van der Waals surface area contributed by atoms with Crippen molar-refractivity contribution < 1.29 is 76.7 Å². The third-order valence-electron chi connectivity index (χ3n) is 5.55. The van der Waals surface area contributed by atoms with Crippen LogP contribution in [0.3, 0.4) is 0 Å². The van der Waals surface area contributed by atoms with Gasteiger partial charge < -0.3 is 29.3 Å². The molecule has 0 aliphatic carbocycles. The van der Waals surface area contributed by atoms with Crippen LogP contribution in [0, 0.1) is 0 Å². The van der Waals surface area contributed by atoms with Crippen molar-refractivity contribution in [3.05, 3.63) is 53.6 Å². The summed E-state index contributed by atoms with van der Waals surface area (Å²) in [6.45, 7) is 0.499. The van der Waals surface area contributed by atoms with Gasteiger partial charge in [-0.3, -0.25) is 9.35 Å². The average molecular weight is 522 g/mol. The van der Waals surface area contributed by atoms with E-state index < -0.39 is 34.3 Å². The minimum Gasteiger partial charge on any atom is -0.872 e. The average Bonchev–Trinajstić information content (AvgIpc) is 2.77. The van der Waals surface area contributed by atoms with E-state index >= 15 is 0 Å². The van der Waals surface area contributed by atoms with Crippen LogP contribution in [-0.4, -0.2) is 41.2 Å². The van der Waals surface area contributed by atoms with Gasteiger partial charge in [-0.15, -0.1) is 5.75 Å². The summed E-state index contributed by atoms with van der Waals surface area (Å²) in [5.74, 6) is -2.78. The van der Waals surface area contributed by atoms with E-state index in [2.05, 4.69) is 0 Å². The number of aliphatic hydroxyl groups is 1. The van der Waals surface area contributed by atoms with Crippen molar-refractivity contribution >= 4 is 37.7 Å². The van der Waals surface area contributed by atoms with E-state index in [-0.39, 0.29) is 79.8 Å². The summed E-state index contributed by atoms with van der Waals surface area (Å²) in [5, 5.41) is 44.7. The van der Waals surface area contributed by atoms with Crippen LogP contribution in [0.15, 0.2) is 42.5 Å². The van der Waals surface area contributed by atoms with Crippen molar-refractivity contribution in [1.82, 2.24) is 0 Å². The summed E-state index contributed by atoms with van der Waals surface area (Å²) < 4.78 is 42.7. The van der Waals surface area contributed by atoms with Gasteiger partial charge in [-0.2, -0.15) is 8.42 Å². The fraction of sp³-hybridized carbons (Fsp3) is 0.125. The van der Waals surface area contributed by atoms with Gasteiger partial charge in [-0.25, -0.2) is 0 Å². The van der Waals surface area contributed by atoms with Crippen LogP contribution in [0.2, 0.25) is 0 Å². The zero-order chi connectivity index (χ0) is 25.7. The van der Waals surface area contributed by atoms with Gasteiger partial charge >= 0.3 is 40.0 Å². The standard InChI is InChI=1S/C24H20O10S.Na/c1-11(26)21-19(29)9-20(34-35(30,31)32)23(24(21)33-2)22-13(10-25)7-18(28)15-8-14-12(6-16(15)22)4-3-5-17(14)27;/h3-9,25,27-29H,10H2,1-2H3,(H,30,31,32);/q;+1/p-1. The van der Waals surface area contributed by atoms with E-state index in [9.17, 15) is 38.2 Å². The first kappa shape index (κ1) is 27.5. The number of phenols is 2. The summed E-state index contributed by atoms with van der Waals surface area (Å²) in [5.41, 5.74) is -0.347. The third-order valence-corrected chi connectivity index (χ3v) is 5.94. The van der Waals surface area contributed by atoms with Gasteiger partial charge in [-0.05, 0) is 46.8 Å². The second-order valence-electron chi connectivity index (χ2n) is 7.71. The Labute approximate surface area is 227 Å². The number of aliphatic hydroxyl groups excluding tert-OH is 1. The van der Waals surface area contributed by atoms with Gasteiger partial charge in [0, 0.05) is 17.0 Å². The summed E-state index contributed by atoms with van der Waals surface area (Å²) >= 11 is 0. The summed E-state index contributed by atoms with van der Waals surface area (Å²) in [4.78, 5) is 12.3. The fourth-order valence-corrected chi connectivity index (χ4v) is 4.56. The van der Waals surface area contributed by atoms with Crippen LogP contribution in [0.1, 0.15) is 22.8 Å². The Morgan fingerprint density at radius 1 is 1.00 bits per heavy atom. The topological polar surface area (TPSA) is 174 Å². The number of phenolic OH excluding ortho intramolecular Hbond substituents is 2. The maximum absolute atomic E-state index is 12.4. The first-order valence-electron chi connectivity index (χ1n) is 10.1. The number of carbonyl (C=O) groups is 1. The molecule has 4 rings (SSSR count). The summed E-state index contributed by atoms with van der Waals surface area (Å²) in [6, 6.07) is 9.54. The number of ether oxygens (including phenoxy) is 1. The number of hydrogen-bond acceptors (Lipinski definition) is 9. The molecule has 0 radical (unpaired) electrons. The number of aromatic hydroxyl groups is 2. The predicted molar refractivity (Wildman–Crippen MR) is 124 cm³/mol. The van der Waals surface area contributed by atoms with E-state index in [1.807, 2.05) is 0 Å². The van der Waals surface area contributed by atoms with E-state index in [4.69, 9.17) is 8.92 Å². The molecule has 0 bridgehead atoms. The molecular weight excluding hydrogens is 503 g/mol. The fourth-order valence-electron chi connectivity index (χ4n) is 4.21. The Hall–Kier alpha value is -3.06. The Bertz CT molecular complexity index is 1630. The monoisotopic (exact) mass is 522 g/mol. The Kier molecular flexibility index (Phi) is 7.75. The van der Waals surface area contributed by atoms with Crippen molar-refractivity contribution in [1.29, 1.82) is 0 Å². The zero-order valence-corrected chi connectivity index (χ0v) is 22.2. The Morgan fingerprint density at radius 3 is 2.28 bits per heavy atom. The molecule has 0 aliphatic heterocycles. The van der Waals surface area contributed by atoms with Crippen molar-refractivity contribution in [2.75, 3.05) is 7.11 Å². The summed E-state index contributed by atoms with van der Waals surface area (Å²) in [6.07, 6.45) is 0. The van der Waals surface area contributed by atoms with Crippen LogP contribution in [0.5, 0.6) is 28.7 Å². The van der Waals surface area contributed by atoms with Crippen LogP contribution < -0.4 is 43.6 Å². The molecule has 0 saturated carbocycles. The van der Waals surface area contributed by atoms with E-state index in [0.29, 0.717) is 10.8 Å². The molecule has 4 N–H and O–H groups in total. The van der Waals surface area contributed by atoms with E-state index in [0.717, 1.165) is 13.0 Å². The maximum Gasteiger partial charge on any atom is 1.00 e. The molecule has 0 fully saturated rings. The zero-order valence-electron chi connectivity index (χ0n) is 19.4. The Morgan fingerprint density at radius 2 is 1.69 bits per heavy atom. The largest absolute Gasteiger partial charge is 1.00 e. The molecular formula is C24H19NaO10S. The first-order valence-corrected chi connectivity index (χ1v) is 11.4. The van der Waals surface area contributed by atoms with Gasteiger partial charge in [0.1, 0.15) is 22.8 Å². The number of rotatable bonds is 6. The van der Waals surface area contributed by atoms with Crippen molar-refractivity contribution in [3.8, 4) is 39.9 Å². The van der Waals surface area contributed by atoms with Crippen molar-refractivity contribution in [2.45, 2.75) is 13.5 Å². The molecule has 4 aromatic rings. The molecule has 0 spiro atoms. The predicted octanol–water partition coefficient (Wildman–Crippen LogP) is 0.0339. The van der Waals surface area contributed by atoms with Crippen LogP contribution in [-0.2, 0) is 17.0 Å². The number of fused-ring (bicyclic) bond motifs is 2. The molecule has 12 heteroatoms. The number of hydrogen-bond donors (Lipinski definition) is 4. The minimum absolute atomic E-state index is 0. The number of benzene rings is 4. The molecule has 4 aromatic carbocycles.